The molecule has 4 nitrogen and oxygen atoms in total. The van der Waals surface area contributed by atoms with Gasteiger partial charge >= 0.3 is 0 Å². The highest BCUT2D eigenvalue weighted by Gasteiger charge is 2.15. The Balaban J connectivity index is 2.23. The fraction of sp³-hybridized carbons (Fsp3) is 0.273. The topological polar surface area (TPSA) is 68.0 Å². The summed E-state index contributed by atoms with van der Waals surface area (Å²) in [6, 6.07) is 1.83. The molecule has 1 amide bonds. The lowest BCUT2D eigenvalue weighted by atomic mass is 10.2. The van der Waals surface area contributed by atoms with Gasteiger partial charge in [0.05, 0.1) is 10.4 Å². The number of aromatic nitrogens is 1. The number of thioether (sulfide) groups is 1. The molecule has 0 aliphatic rings. The minimum Gasteiger partial charge on any atom is -0.397 e. The summed E-state index contributed by atoms with van der Waals surface area (Å²) in [5.74, 6) is 0.802. The third-order valence-corrected chi connectivity index (χ3v) is 4.10. The van der Waals surface area contributed by atoms with Crippen LogP contribution >= 0.6 is 23.1 Å². The Labute approximate surface area is 108 Å². The van der Waals surface area contributed by atoms with E-state index in [-0.39, 0.29) is 5.91 Å². The molecule has 0 unspecified atom stereocenters. The first-order valence-electron chi connectivity index (χ1n) is 5.13. The number of carbonyl (C=O) groups is 1. The number of nitrogen functional groups attached to an aromatic ring is 1. The largest absolute Gasteiger partial charge is 0.397 e. The molecule has 2 aromatic rings. The van der Waals surface area contributed by atoms with Crippen molar-refractivity contribution in [1.82, 2.24) is 10.3 Å². The molecule has 6 heteroatoms. The number of rotatable bonds is 4. The first-order chi connectivity index (χ1) is 8.24. The van der Waals surface area contributed by atoms with Gasteiger partial charge in [0, 0.05) is 30.1 Å². The molecule has 0 saturated heterocycles. The maximum atomic E-state index is 11.9. The maximum Gasteiger partial charge on any atom is 0.263 e. The molecule has 0 fully saturated rings. The molecule has 0 aliphatic carbocycles. The molecule has 0 radical (unpaired) electrons. The van der Waals surface area contributed by atoms with Crippen LogP contribution in [0.3, 0.4) is 0 Å². The van der Waals surface area contributed by atoms with Gasteiger partial charge in [-0.1, -0.05) is 0 Å². The first kappa shape index (κ1) is 12.2. The minimum atomic E-state index is -0.0993. The van der Waals surface area contributed by atoms with E-state index in [0.29, 0.717) is 17.1 Å². The van der Waals surface area contributed by atoms with E-state index in [9.17, 15) is 4.79 Å². The monoisotopic (exact) mass is 267 g/mol. The summed E-state index contributed by atoms with van der Waals surface area (Å²) >= 11 is 3.08. The van der Waals surface area contributed by atoms with E-state index in [1.807, 2.05) is 12.3 Å². The molecule has 2 heterocycles. The average molecular weight is 267 g/mol. The SMILES string of the molecule is CSCCNC(=O)c1sc2cnccc2c1N. The van der Waals surface area contributed by atoms with Gasteiger partial charge in [-0.2, -0.15) is 11.8 Å². The Bertz CT molecular complexity index is 538. The van der Waals surface area contributed by atoms with Crippen LogP contribution in [0.15, 0.2) is 18.5 Å². The normalized spacial score (nSPS) is 10.6. The van der Waals surface area contributed by atoms with Crippen molar-refractivity contribution in [2.75, 3.05) is 24.3 Å². The second-order valence-corrected chi connectivity index (χ2v) is 5.50. The quantitative estimate of drug-likeness (QED) is 0.831. The molecule has 3 N–H and O–H groups in total. The molecule has 0 bridgehead atoms. The Morgan fingerprint density at radius 2 is 2.47 bits per heavy atom. The zero-order chi connectivity index (χ0) is 12.3. The zero-order valence-electron chi connectivity index (χ0n) is 9.40. The zero-order valence-corrected chi connectivity index (χ0v) is 11.0. The van der Waals surface area contributed by atoms with Gasteiger partial charge in [-0.15, -0.1) is 11.3 Å². The van der Waals surface area contributed by atoms with Crippen LogP contribution in [0.1, 0.15) is 9.67 Å². The Morgan fingerprint density at radius 3 is 3.18 bits per heavy atom. The number of hydrogen-bond acceptors (Lipinski definition) is 5. The number of fused-ring (bicyclic) bond motifs is 1. The minimum absolute atomic E-state index is 0.0993. The molecule has 2 aromatic heterocycles. The average Bonchev–Trinajstić information content (AvgIpc) is 2.68. The van der Waals surface area contributed by atoms with Crippen LogP contribution in [-0.4, -0.2) is 29.4 Å². The fourth-order valence-corrected chi connectivity index (χ4v) is 2.80. The predicted molar refractivity (Wildman–Crippen MR) is 74.7 cm³/mol. The van der Waals surface area contributed by atoms with Crippen molar-refractivity contribution in [3.63, 3.8) is 0 Å². The van der Waals surface area contributed by atoms with Crippen molar-refractivity contribution < 1.29 is 4.79 Å². The molecule has 0 spiro atoms. The number of nitrogens with zero attached hydrogens (tertiary/aromatic N) is 1. The summed E-state index contributed by atoms with van der Waals surface area (Å²) in [6.45, 7) is 0.659. The molecular weight excluding hydrogens is 254 g/mol. The number of amides is 1. The van der Waals surface area contributed by atoms with E-state index in [1.54, 1.807) is 24.2 Å². The third-order valence-electron chi connectivity index (χ3n) is 2.33. The Kier molecular flexibility index (Phi) is 3.86. The molecule has 17 heavy (non-hydrogen) atoms. The molecule has 2 rings (SSSR count). The number of thiophene rings is 1. The van der Waals surface area contributed by atoms with Crippen molar-refractivity contribution in [3.05, 3.63) is 23.3 Å². The van der Waals surface area contributed by atoms with Gasteiger partial charge in [0.1, 0.15) is 4.88 Å². The van der Waals surface area contributed by atoms with Crippen molar-refractivity contribution in [1.29, 1.82) is 0 Å². The van der Waals surface area contributed by atoms with Gasteiger partial charge in [-0.25, -0.2) is 0 Å². The molecule has 0 atom stereocenters. The Hall–Kier alpha value is -1.27. The van der Waals surface area contributed by atoms with Crippen molar-refractivity contribution in [3.8, 4) is 0 Å². The van der Waals surface area contributed by atoms with Crippen LogP contribution in [0.4, 0.5) is 5.69 Å². The van der Waals surface area contributed by atoms with E-state index < -0.39 is 0 Å². The highest BCUT2D eigenvalue weighted by atomic mass is 32.2. The second-order valence-electron chi connectivity index (χ2n) is 3.47. The van der Waals surface area contributed by atoms with Gasteiger partial charge in [-0.05, 0) is 12.3 Å². The first-order valence-corrected chi connectivity index (χ1v) is 7.34. The van der Waals surface area contributed by atoms with Gasteiger partial charge in [0.15, 0.2) is 0 Å². The van der Waals surface area contributed by atoms with Crippen LogP contribution in [0.5, 0.6) is 0 Å². The van der Waals surface area contributed by atoms with Crippen LogP contribution in [0, 0.1) is 0 Å². The predicted octanol–water partition coefficient (Wildman–Crippen LogP) is 1.97. The maximum absolute atomic E-state index is 11.9. The highest BCUT2D eigenvalue weighted by Crippen LogP contribution is 2.32. The van der Waals surface area contributed by atoms with Crippen molar-refractivity contribution in [2.45, 2.75) is 0 Å². The van der Waals surface area contributed by atoms with E-state index in [4.69, 9.17) is 5.73 Å². The smallest absolute Gasteiger partial charge is 0.263 e. The number of nitrogens with two attached hydrogens (primary N) is 1. The second kappa shape index (κ2) is 5.37. The van der Waals surface area contributed by atoms with E-state index in [1.165, 1.54) is 11.3 Å². The molecule has 0 aromatic carbocycles. The summed E-state index contributed by atoms with van der Waals surface area (Å²) in [5, 5.41) is 3.75. The van der Waals surface area contributed by atoms with Gasteiger partial charge in [0.25, 0.3) is 5.91 Å². The fourth-order valence-electron chi connectivity index (χ4n) is 1.49. The molecule has 0 saturated carbocycles. The number of carbonyl (C=O) groups excluding carboxylic acids is 1. The van der Waals surface area contributed by atoms with Crippen LogP contribution in [0.25, 0.3) is 10.1 Å². The summed E-state index contributed by atoms with van der Waals surface area (Å²) in [6.07, 6.45) is 5.42. The van der Waals surface area contributed by atoms with Crippen molar-refractivity contribution in [2.24, 2.45) is 0 Å². The van der Waals surface area contributed by atoms with E-state index in [0.717, 1.165) is 15.8 Å². The number of hydrogen-bond donors (Lipinski definition) is 2. The van der Waals surface area contributed by atoms with Gasteiger partial charge in [0.2, 0.25) is 0 Å². The van der Waals surface area contributed by atoms with Crippen molar-refractivity contribution >= 4 is 44.8 Å². The molecular formula is C11H13N3OS2. The number of pyridine rings is 1. The van der Waals surface area contributed by atoms with E-state index >= 15 is 0 Å². The lowest BCUT2D eigenvalue weighted by Gasteiger charge is -2.02. The van der Waals surface area contributed by atoms with Crippen LogP contribution in [-0.2, 0) is 0 Å². The van der Waals surface area contributed by atoms with Crippen LogP contribution in [0.2, 0.25) is 0 Å². The standard InChI is InChI=1S/C11H13N3OS2/c1-16-5-4-14-11(15)10-9(12)7-2-3-13-6-8(7)17-10/h2-3,6H,4-5,12H2,1H3,(H,14,15). The van der Waals surface area contributed by atoms with Crippen LogP contribution < -0.4 is 11.1 Å². The summed E-state index contributed by atoms with van der Waals surface area (Å²) in [5.41, 5.74) is 6.51. The Morgan fingerprint density at radius 1 is 1.65 bits per heavy atom. The summed E-state index contributed by atoms with van der Waals surface area (Å²) < 4.78 is 0.944. The third kappa shape index (κ3) is 2.53. The lowest BCUT2D eigenvalue weighted by molar-refractivity contribution is 0.0961. The van der Waals surface area contributed by atoms with Gasteiger partial charge in [-0.3, -0.25) is 9.78 Å². The summed E-state index contributed by atoms with van der Waals surface area (Å²) in [7, 11) is 0. The number of nitrogens with one attached hydrogen (secondary N) is 1. The highest BCUT2D eigenvalue weighted by molar-refractivity contribution is 7.98. The lowest BCUT2D eigenvalue weighted by Crippen LogP contribution is -2.25. The molecule has 0 aliphatic heterocycles. The molecule has 90 valence electrons. The van der Waals surface area contributed by atoms with E-state index in [2.05, 4.69) is 10.3 Å². The van der Waals surface area contributed by atoms with Gasteiger partial charge < -0.3 is 11.1 Å². The number of anilines is 1. The summed E-state index contributed by atoms with van der Waals surface area (Å²) in [4.78, 5) is 16.5.